The average Bonchev–Trinajstić information content (AvgIpc) is 2.27. The summed E-state index contributed by atoms with van der Waals surface area (Å²) in [5.41, 5.74) is 0. The minimum Gasteiger partial charge on any atom is -0.387 e. The lowest BCUT2D eigenvalue weighted by atomic mass is 10.1. The molecule has 0 bridgehead atoms. The summed E-state index contributed by atoms with van der Waals surface area (Å²) < 4.78 is 43.0. The molecule has 0 aromatic rings. The van der Waals surface area contributed by atoms with Crippen LogP contribution in [-0.2, 0) is 19.2 Å². The van der Waals surface area contributed by atoms with Gasteiger partial charge in [-0.05, 0) is 6.92 Å². The second-order valence-corrected chi connectivity index (χ2v) is 4.52. The molecule has 0 aliphatic carbocycles. The molecule has 9 heteroatoms. The molecule has 1 aliphatic rings. The van der Waals surface area contributed by atoms with Crippen LogP contribution in [0.1, 0.15) is 6.92 Å². The van der Waals surface area contributed by atoms with Crippen molar-refractivity contribution in [2.24, 2.45) is 5.14 Å². The fourth-order valence-electron chi connectivity index (χ4n) is 1.24. The second kappa shape index (κ2) is 3.92. The van der Waals surface area contributed by atoms with Gasteiger partial charge in [-0.3, -0.25) is 4.18 Å². The fraction of sp³-hybridized carbons (Fsp3) is 1.00. The first kappa shape index (κ1) is 12.7. The normalized spacial score (nSPS) is 42.1. The van der Waals surface area contributed by atoms with Gasteiger partial charge in [-0.25, -0.2) is 9.53 Å². The Bertz CT molecular complexity index is 335. The van der Waals surface area contributed by atoms with Gasteiger partial charge in [0.2, 0.25) is 0 Å². The topological polar surface area (TPSA) is 119 Å². The van der Waals surface area contributed by atoms with Gasteiger partial charge in [-0.2, -0.15) is 8.42 Å². The largest absolute Gasteiger partial charge is 0.387 e. The Labute approximate surface area is 85.8 Å². The lowest BCUT2D eigenvalue weighted by molar-refractivity contribution is -0.188. The number of alkyl halides is 1. The molecule has 0 aromatic heterocycles. The number of hydrogen-bond donors (Lipinski definition) is 3. The van der Waals surface area contributed by atoms with E-state index in [0.717, 1.165) is 0 Å². The zero-order chi connectivity index (χ0) is 11.9. The lowest BCUT2D eigenvalue weighted by Gasteiger charge is -2.21. The Balaban J connectivity index is 2.68. The molecule has 1 heterocycles. The van der Waals surface area contributed by atoms with Crippen molar-refractivity contribution in [2.45, 2.75) is 31.1 Å². The maximum atomic E-state index is 13.7. The molecule has 4 atom stereocenters. The summed E-state index contributed by atoms with van der Waals surface area (Å²) in [5, 5.41) is 22.9. The molecule has 15 heavy (non-hydrogen) atoms. The summed E-state index contributed by atoms with van der Waals surface area (Å²) in [4.78, 5) is 0. The monoisotopic (exact) mass is 245 g/mol. The van der Waals surface area contributed by atoms with Crippen LogP contribution in [0.15, 0.2) is 0 Å². The van der Waals surface area contributed by atoms with Crippen LogP contribution in [0.25, 0.3) is 0 Å². The number of hydrogen-bond acceptors (Lipinski definition) is 6. The molecule has 90 valence electrons. The van der Waals surface area contributed by atoms with E-state index >= 15 is 0 Å². The highest BCUT2D eigenvalue weighted by molar-refractivity contribution is 7.84. The predicted molar refractivity (Wildman–Crippen MR) is 45.5 cm³/mol. The highest BCUT2D eigenvalue weighted by Gasteiger charge is 2.54. The summed E-state index contributed by atoms with van der Waals surface area (Å²) in [6.45, 7) is 0.223. The SMILES string of the molecule is CC1OC(F)(COS(N)(=O)=O)C(O)C1O. The van der Waals surface area contributed by atoms with Crippen molar-refractivity contribution in [1.29, 1.82) is 0 Å². The number of aliphatic hydroxyl groups is 2. The number of halogens is 1. The third-order valence-electron chi connectivity index (χ3n) is 2.05. The molecular weight excluding hydrogens is 233 g/mol. The molecule has 0 radical (unpaired) electrons. The van der Waals surface area contributed by atoms with Crippen LogP contribution in [0, 0.1) is 0 Å². The van der Waals surface area contributed by atoms with Crippen molar-refractivity contribution in [1.82, 2.24) is 0 Å². The van der Waals surface area contributed by atoms with E-state index in [1.54, 1.807) is 0 Å². The number of aliphatic hydroxyl groups excluding tert-OH is 2. The molecule has 1 fully saturated rings. The molecule has 7 nitrogen and oxygen atoms in total. The van der Waals surface area contributed by atoms with Crippen LogP contribution >= 0.6 is 0 Å². The molecule has 1 rings (SSSR count). The number of nitrogens with two attached hydrogens (primary N) is 1. The van der Waals surface area contributed by atoms with Gasteiger partial charge in [0.05, 0.1) is 6.10 Å². The third kappa shape index (κ3) is 2.83. The number of rotatable bonds is 3. The third-order valence-corrected chi connectivity index (χ3v) is 2.49. The first-order valence-corrected chi connectivity index (χ1v) is 5.53. The van der Waals surface area contributed by atoms with E-state index < -0.39 is 41.1 Å². The van der Waals surface area contributed by atoms with Crippen molar-refractivity contribution in [2.75, 3.05) is 6.61 Å². The minimum absolute atomic E-state index is 0.964. The zero-order valence-corrected chi connectivity index (χ0v) is 8.65. The van der Waals surface area contributed by atoms with Crippen molar-refractivity contribution < 1.29 is 31.9 Å². The second-order valence-electron chi connectivity index (χ2n) is 3.30. The van der Waals surface area contributed by atoms with Gasteiger partial charge in [0.25, 0.3) is 5.85 Å². The smallest absolute Gasteiger partial charge is 0.333 e. The predicted octanol–water partition coefficient (Wildman–Crippen LogP) is -1.99. The first-order chi connectivity index (χ1) is 6.66. The van der Waals surface area contributed by atoms with Crippen LogP contribution < -0.4 is 5.14 Å². The lowest BCUT2D eigenvalue weighted by Crippen LogP contribution is -2.44. The maximum absolute atomic E-state index is 13.7. The van der Waals surface area contributed by atoms with Crippen LogP contribution in [-0.4, -0.2) is 49.4 Å². The fourth-order valence-corrected chi connectivity index (χ4v) is 1.57. The first-order valence-electron chi connectivity index (χ1n) is 4.06. The quantitative estimate of drug-likeness (QED) is 0.529. The van der Waals surface area contributed by atoms with Crippen molar-refractivity contribution in [3.63, 3.8) is 0 Å². The van der Waals surface area contributed by atoms with Crippen LogP contribution in [0.5, 0.6) is 0 Å². The summed E-state index contributed by atoms with van der Waals surface area (Å²) in [7, 11) is -4.32. The van der Waals surface area contributed by atoms with Gasteiger partial charge >= 0.3 is 10.3 Å². The van der Waals surface area contributed by atoms with Gasteiger partial charge in [-0.15, -0.1) is 0 Å². The van der Waals surface area contributed by atoms with E-state index in [2.05, 4.69) is 14.1 Å². The molecule has 1 saturated heterocycles. The molecule has 4 N–H and O–H groups in total. The Kier molecular flexibility index (Phi) is 3.33. The van der Waals surface area contributed by atoms with E-state index in [9.17, 15) is 23.0 Å². The van der Waals surface area contributed by atoms with Gasteiger partial charge in [0.1, 0.15) is 18.8 Å². The zero-order valence-electron chi connectivity index (χ0n) is 7.83. The summed E-state index contributed by atoms with van der Waals surface area (Å²) in [6.07, 6.45) is -4.29. The van der Waals surface area contributed by atoms with Gasteiger partial charge in [0, 0.05) is 0 Å². The van der Waals surface area contributed by atoms with Crippen molar-refractivity contribution in [3.05, 3.63) is 0 Å². The van der Waals surface area contributed by atoms with E-state index in [1.165, 1.54) is 6.92 Å². The molecule has 1 aliphatic heterocycles. The number of ether oxygens (including phenoxy) is 1. The summed E-state index contributed by atoms with van der Waals surface area (Å²) in [5.74, 6) is -2.77. The minimum atomic E-state index is -4.32. The van der Waals surface area contributed by atoms with E-state index in [0.29, 0.717) is 0 Å². The van der Waals surface area contributed by atoms with Crippen molar-refractivity contribution >= 4 is 10.3 Å². The summed E-state index contributed by atoms with van der Waals surface area (Å²) >= 11 is 0. The molecule has 0 aromatic carbocycles. The Morgan fingerprint density at radius 2 is 2.13 bits per heavy atom. The Morgan fingerprint density at radius 3 is 2.47 bits per heavy atom. The maximum Gasteiger partial charge on any atom is 0.333 e. The average molecular weight is 245 g/mol. The Hall–Kier alpha value is -0.320. The highest BCUT2D eigenvalue weighted by Crippen LogP contribution is 2.32. The molecule has 0 saturated carbocycles. The van der Waals surface area contributed by atoms with E-state index in [-0.39, 0.29) is 0 Å². The van der Waals surface area contributed by atoms with Crippen LogP contribution in [0.2, 0.25) is 0 Å². The van der Waals surface area contributed by atoms with Gasteiger partial charge in [-0.1, -0.05) is 0 Å². The van der Waals surface area contributed by atoms with Crippen molar-refractivity contribution in [3.8, 4) is 0 Å². The molecule has 4 unspecified atom stereocenters. The standard InChI is InChI=1S/C6H12FNO6S/c1-3-4(9)5(10)6(7,14-3)2-13-15(8,11)12/h3-5,9-10H,2H2,1H3,(H2,8,11,12). The summed E-state index contributed by atoms with van der Waals surface area (Å²) in [6, 6.07) is 0. The molecular formula is C6H12FNO6S. The van der Waals surface area contributed by atoms with E-state index in [1.807, 2.05) is 0 Å². The van der Waals surface area contributed by atoms with E-state index in [4.69, 9.17) is 0 Å². The van der Waals surface area contributed by atoms with Crippen LogP contribution in [0.4, 0.5) is 4.39 Å². The van der Waals surface area contributed by atoms with Gasteiger partial charge in [0.15, 0.2) is 0 Å². The highest BCUT2D eigenvalue weighted by atomic mass is 32.2. The van der Waals surface area contributed by atoms with Crippen LogP contribution in [0.3, 0.4) is 0 Å². The molecule has 0 spiro atoms. The Morgan fingerprint density at radius 1 is 1.60 bits per heavy atom. The van der Waals surface area contributed by atoms with Gasteiger partial charge < -0.3 is 14.9 Å². The molecule has 0 amide bonds.